The molecule has 0 unspecified atom stereocenters. The van der Waals surface area contributed by atoms with Crippen molar-refractivity contribution in [3.05, 3.63) is 65.7 Å². The fourth-order valence-electron chi connectivity index (χ4n) is 2.73. The minimum atomic E-state index is -0.940. The quantitative estimate of drug-likeness (QED) is 0.578. The third-order valence-corrected chi connectivity index (χ3v) is 4.07. The number of carbonyl (C=O) groups excluding carboxylic acids is 5. The second-order valence-corrected chi connectivity index (χ2v) is 6.15. The van der Waals surface area contributed by atoms with Gasteiger partial charge in [-0.25, -0.2) is 4.79 Å². The molecule has 0 atom stereocenters. The van der Waals surface area contributed by atoms with Gasteiger partial charge in [-0.1, -0.05) is 36.4 Å². The van der Waals surface area contributed by atoms with E-state index in [1.165, 1.54) is 0 Å². The molecule has 2 aromatic carbocycles. The average molecular weight is 395 g/mol. The number of rotatable bonds is 5. The average Bonchev–Trinajstić information content (AvgIpc) is 2.70. The Bertz CT molecular complexity index is 973. The SMILES string of the molecule is O=C(COC(=O)CN1C(=O)Cc2ccccc2C1=O)NC(=O)Nc1ccccc1. The normalized spacial score (nSPS) is 12.8. The third-order valence-electron chi connectivity index (χ3n) is 4.07. The first kappa shape index (κ1) is 19.7. The van der Waals surface area contributed by atoms with Crippen LogP contribution in [0.3, 0.4) is 0 Å². The molecule has 1 aliphatic rings. The van der Waals surface area contributed by atoms with Crippen LogP contribution >= 0.6 is 0 Å². The zero-order valence-corrected chi connectivity index (χ0v) is 15.2. The van der Waals surface area contributed by atoms with Gasteiger partial charge in [-0.15, -0.1) is 0 Å². The molecule has 0 bridgehead atoms. The third kappa shape index (κ3) is 5.04. The Labute approximate surface area is 165 Å². The number of carbonyl (C=O) groups is 5. The molecular weight excluding hydrogens is 378 g/mol. The van der Waals surface area contributed by atoms with Crippen molar-refractivity contribution in [3.8, 4) is 0 Å². The Morgan fingerprint density at radius 3 is 2.41 bits per heavy atom. The lowest BCUT2D eigenvalue weighted by atomic mass is 9.98. The summed E-state index contributed by atoms with van der Waals surface area (Å²) in [5, 5.41) is 4.44. The Morgan fingerprint density at radius 1 is 0.966 bits per heavy atom. The Morgan fingerprint density at radius 2 is 1.66 bits per heavy atom. The van der Waals surface area contributed by atoms with Crippen molar-refractivity contribution in [1.82, 2.24) is 10.2 Å². The zero-order chi connectivity index (χ0) is 20.8. The number of urea groups is 1. The van der Waals surface area contributed by atoms with Gasteiger partial charge in [0, 0.05) is 11.3 Å². The van der Waals surface area contributed by atoms with Crippen molar-refractivity contribution in [1.29, 1.82) is 0 Å². The highest BCUT2D eigenvalue weighted by Gasteiger charge is 2.32. The second kappa shape index (κ2) is 8.79. The van der Waals surface area contributed by atoms with Gasteiger partial charge in [-0.2, -0.15) is 0 Å². The maximum atomic E-state index is 12.4. The van der Waals surface area contributed by atoms with Crippen LogP contribution in [0.2, 0.25) is 0 Å². The van der Waals surface area contributed by atoms with Crippen molar-refractivity contribution in [2.24, 2.45) is 0 Å². The number of imide groups is 2. The molecule has 0 saturated heterocycles. The van der Waals surface area contributed by atoms with Crippen LogP contribution in [0.5, 0.6) is 0 Å². The Balaban J connectivity index is 1.47. The maximum absolute atomic E-state index is 12.4. The van der Waals surface area contributed by atoms with Gasteiger partial charge in [-0.3, -0.25) is 29.4 Å². The number of hydrogen-bond acceptors (Lipinski definition) is 6. The van der Waals surface area contributed by atoms with Crippen molar-refractivity contribution in [2.75, 3.05) is 18.5 Å². The molecule has 5 amide bonds. The van der Waals surface area contributed by atoms with Gasteiger partial charge >= 0.3 is 12.0 Å². The van der Waals surface area contributed by atoms with E-state index in [9.17, 15) is 24.0 Å². The highest BCUT2D eigenvalue weighted by molar-refractivity contribution is 6.11. The van der Waals surface area contributed by atoms with Gasteiger partial charge in [0.1, 0.15) is 6.54 Å². The minimum absolute atomic E-state index is 0.00463. The maximum Gasteiger partial charge on any atom is 0.326 e. The molecule has 1 aliphatic heterocycles. The van der Waals surface area contributed by atoms with Crippen LogP contribution < -0.4 is 10.6 Å². The van der Waals surface area contributed by atoms with E-state index in [4.69, 9.17) is 4.74 Å². The summed E-state index contributed by atoms with van der Waals surface area (Å²) in [4.78, 5) is 60.7. The van der Waals surface area contributed by atoms with Gasteiger partial charge < -0.3 is 10.1 Å². The number of hydrogen-bond donors (Lipinski definition) is 2. The summed E-state index contributed by atoms with van der Waals surface area (Å²) < 4.78 is 4.77. The highest BCUT2D eigenvalue weighted by Crippen LogP contribution is 2.19. The fraction of sp³-hybridized carbons (Fsp3) is 0.150. The highest BCUT2D eigenvalue weighted by atomic mass is 16.5. The molecule has 9 nitrogen and oxygen atoms in total. The monoisotopic (exact) mass is 395 g/mol. The number of nitrogens with one attached hydrogen (secondary N) is 2. The molecule has 1 heterocycles. The standard InChI is InChI=1S/C20H17N3O6/c24-16(22-20(28)21-14-7-2-1-3-8-14)12-29-18(26)11-23-17(25)10-13-6-4-5-9-15(13)19(23)27/h1-9H,10-12H2,(H2,21,22,24,28). The summed E-state index contributed by atoms with van der Waals surface area (Å²) in [6.45, 7) is -1.34. The van der Waals surface area contributed by atoms with Gasteiger partial charge in [-0.05, 0) is 23.8 Å². The van der Waals surface area contributed by atoms with Crippen LogP contribution in [0.15, 0.2) is 54.6 Å². The Kier molecular flexibility index (Phi) is 5.98. The minimum Gasteiger partial charge on any atom is -0.454 e. The first-order valence-electron chi connectivity index (χ1n) is 8.68. The predicted octanol–water partition coefficient (Wildman–Crippen LogP) is 1.10. The molecular formula is C20H17N3O6. The molecule has 0 spiro atoms. The van der Waals surface area contributed by atoms with Crippen LogP contribution in [0.4, 0.5) is 10.5 Å². The molecule has 0 radical (unpaired) electrons. The van der Waals surface area contributed by atoms with E-state index in [1.807, 2.05) is 5.32 Å². The molecule has 29 heavy (non-hydrogen) atoms. The van der Waals surface area contributed by atoms with E-state index < -0.39 is 42.9 Å². The molecule has 0 fully saturated rings. The van der Waals surface area contributed by atoms with E-state index in [0.29, 0.717) is 16.8 Å². The molecule has 2 N–H and O–H groups in total. The summed E-state index contributed by atoms with van der Waals surface area (Å²) >= 11 is 0. The van der Waals surface area contributed by atoms with E-state index in [-0.39, 0.29) is 6.42 Å². The first-order chi connectivity index (χ1) is 13.9. The van der Waals surface area contributed by atoms with E-state index in [0.717, 1.165) is 4.90 Å². The van der Waals surface area contributed by atoms with Gasteiger partial charge in [0.25, 0.3) is 11.8 Å². The summed E-state index contributed by atoms with van der Waals surface area (Å²) in [6, 6.07) is 14.3. The first-order valence-corrected chi connectivity index (χ1v) is 8.68. The number of nitrogens with zero attached hydrogens (tertiary/aromatic N) is 1. The van der Waals surface area contributed by atoms with E-state index in [1.54, 1.807) is 54.6 Å². The van der Waals surface area contributed by atoms with Crippen LogP contribution in [-0.2, 0) is 25.5 Å². The van der Waals surface area contributed by atoms with Crippen molar-refractivity contribution < 1.29 is 28.7 Å². The van der Waals surface area contributed by atoms with Crippen LogP contribution in [0.25, 0.3) is 0 Å². The Hall–Kier alpha value is -4.01. The lowest BCUT2D eigenvalue weighted by molar-refractivity contribution is -0.151. The van der Waals surface area contributed by atoms with Crippen molar-refractivity contribution in [2.45, 2.75) is 6.42 Å². The summed E-state index contributed by atoms with van der Waals surface area (Å²) in [6.07, 6.45) is -0.00463. The lowest BCUT2D eigenvalue weighted by Gasteiger charge is -2.25. The number of ether oxygens (including phenoxy) is 1. The molecule has 0 saturated carbocycles. The van der Waals surface area contributed by atoms with Crippen LogP contribution in [0.1, 0.15) is 15.9 Å². The number of fused-ring (bicyclic) bond motifs is 1. The van der Waals surface area contributed by atoms with Gasteiger partial charge in [0.15, 0.2) is 6.61 Å². The fourth-order valence-corrected chi connectivity index (χ4v) is 2.73. The topological polar surface area (TPSA) is 122 Å². The number of para-hydroxylation sites is 1. The smallest absolute Gasteiger partial charge is 0.326 e. The second-order valence-electron chi connectivity index (χ2n) is 6.15. The molecule has 9 heteroatoms. The molecule has 0 aliphatic carbocycles. The van der Waals surface area contributed by atoms with Gasteiger partial charge in [0.05, 0.1) is 6.42 Å². The molecule has 148 valence electrons. The largest absolute Gasteiger partial charge is 0.454 e. The number of esters is 1. The van der Waals surface area contributed by atoms with Crippen molar-refractivity contribution >= 4 is 35.4 Å². The van der Waals surface area contributed by atoms with E-state index in [2.05, 4.69) is 5.32 Å². The molecule has 3 rings (SSSR count). The summed E-state index contributed by atoms with van der Waals surface area (Å²) in [5.74, 6) is -2.92. The van der Waals surface area contributed by atoms with Gasteiger partial charge in [0.2, 0.25) is 5.91 Å². The predicted molar refractivity (Wildman–Crippen MR) is 101 cm³/mol. The lowest BCUT2D eigenvalue weighted by Crippen LogP contribution is -2.46. The summed E-state index contributed by atoms with van der Waals surface area (Å²) in [7, 11) is 0. The van der Waals surface area contributed by atoms with Crippen LogP contribution in [-0.4, -0.2) is 47.8 Å². The summed E-state index contributed by atoms with van der Waals surface area (Å²) in [5.41, 5.74) is 1.42. The van der Waals surface area contributed by atoms with Crippen LogP contribution in [0, 0.1) is 0 Å². The van der Waals surface area contributed by atoms with Crippen molar-refractivity contribution in [3.63, 3.8) is 0 Å². The number of amides is 5. The molecule has 2 aromatic rings. The number of anilines is 1. The molecule has 0 aromatic heterocycles. The zero-order valence-electron chi connectivity index (χ0n) is 15.2. The number of benzene rings is 2. The van der Waals surface area contributed by atoms with E-state index >= 15 is 0 Å².